The van der Waals surface area contributed by atoms with Gasteiger partial charge in [-0.2, -0.15) is 0 Å². The highest BCUT2D eigenvalue weighted by atomic mass is 16.6. The maximum Gasteiger partial charge on any atom is 0.312 e. The summed E-state index contributed by atoms with van der Waals surface area (Å²) in [7, 11) is 0. The predicted molar refractivity (Wildman–Crippen MR) is 135 cm³/mol. The number of nitrogens with one attached hydrogen (secondary N) is 1. The van der Waals surface area contributed by atoms with E-state index in [1.807, 2.05) is 0 Å². The fourth-order valence-electron chi connectivity index (χ4n) is 2.86. The molecular weight excluding hydrogens is 484 g/mol. The van der Waals surface area contributed by atoms with Crippen LogP contribution in [0.5, 0.6) is 0 Å². The lowest BCUT2D eigenvalue weighted by atomic mass is 10.0. The molecule has 0 spiro atoms. The van der Waals surface area contributed by atoms with Gasteiger partial charge in [0.15, 0.2) is 11.8 Å². The summed E-state index contributed by atoms with van der Waals surface area (Å²) in [5, 5.41) is 2.55. The van der Waals surface area contributed by atoms with Gasteiger partial charge >= 0.3 is 11.9 Å². The van der Waals surface area contributed by atoms with Crippen molar-refractivity contribution < 1.29 is 48.6 Å². The third kappa shape index (κ3) is 20.2. The Labute approximate surface area is 220 Å². The molecule has 0 aromatic heterocycles. The fourth-order valence-corrected chi connectivity index (χ4v) is 2.86. The first-order valence-electron chi connectivity index (χ1n) is 12.4. The Bertz CT molecular complexity index is 763. The maximum absolute atomic E-state index is 12.8. The topological polar surface area (TPSA) is 154 Å². The van der Waals surface area contributed by atoms with E-state index in [1.54, 1.807) is 41.5 Å². The summed E-state index contributed by atoms with van der Waals surface area (Å²) < 4.78 is 26.4. The molecule has 0 aromatic carbocycles. The van der Waals surface area contributed by atoms with Gasteiger partial charge in [-0.05, 0) is 48.0 Å². The summed E-state index contributed by atoms with van der Waals surface area (Å²) in [5.74, 6) is 0.164. The molecule has 0 rings (SSSR count). The van der Waals surface area contributed by atoms with Crippen LogP contribution in [-0.2, 0) is 42.9 Å². The lowest BCUT2D eigenvalue weighted by Crippen LogP contribution is -2.69. The Morgan fingerprint density at radius 2 is 1.30 bits per heavy atom. The molecule has 0 heterocycles. The van der Waals surface area contributed by atoms with Crippen molar-refractivity contribution in [2.45, 2.75) is 90.5 Å². The van der Waals surface area contributed by atoms with Crippen molar-refractivity contribution in [3.05, 3.63) is 0 Å². The molecule has 0 aliphatic carbocycles. The van der Waals surface area contributed by atoms with Gasteiger partial charge in [0.05, 0.1) is 38.9 Å². The van der Waals surface area contributed by atoms with E-state index >= 15 is 0 Å². The van der Waals surface area contributed by atoms with Crippen molar-refractivity contribution in [3.8, 4) is 12.3 Å². The Hall–Kier alpha value is -2.52. The molecule has 4 N–H and O–H groups in total. The molecule has 0 unspecified atom stereocenters. The fraction of sp³-hybridized carbons (Fsp3) is 0.769. The summed E-state index contributed by atoms with van der Waals surface area (Å²) in [6, 6.07) is -2.11. The number of ether oxygens (including phenoxy) is 5. The Morgan fingerprint density at radius 1 is 0.811 bits per heavy atom. The SMILES string of the molecule is C#CCOCCOCCOCCCC(=O)[C@H](CC(=O)OC(C)(C)C)NC(=O)[C@@H]([NH3+])CC(=O)OC(C)(C)C. The standard InChI is InChI=1S/C26H44N2O9/c1-8-11-33-13-15-35-16-14-34-12-9-10-21(29)20(18-23(31)37-26(5,6)7)28-24(32)19(27)17-22(30)36-25(2,3)4/h1,19-20H,9-18,27H2,2-7H3,(H,28,32)/p+1/t19-,20-/m0/s1. The molecule has 0 aromatic rings. The van der Waals surface area contributed by atoms with Gasteiger partial charge in [0.1, 0.15) is 24.2 Å². The third-order valence-corrected chi connectivity index (χ3v) is 4.34. The smallest absolute Gasteiger partial charge is 0.312 e. The van der Waals surface area contributed by atoms with Crippen molar-refractivity contribution in [2.24, 2.45) is 0 Å². The number of Topliss-reactive ketones (excluding diaryl/α,β-unsaturated/α-hetero) is 1. The van der Waals surface area contributed by atoms with Crippen LogP contribution in [-0.4, -0.2) is 86.6 Å². The quantitative estimate of drug-likeness (QED) is 0.147. The van der Waals surface area contributed by atoms with Crippen LogP contribution in [0.3, 0.4) is 0 Å². The minimum absolute atomic E-state index is 0.0718. The van der Waals surface area contributed by atoms with Crippen molar-refractivity contribution in [1.29, 1.82) is 0 Å². The van der Waals surface area contributed by atoms with Gasteiger partial charge < -0.3 is 34.7 Å². The Balaban J connectivity index is 4.72. The molecule has 0 saturated carbocycles. The lowest BCUT2D eigenvalue weighted by Gasteiger charge is -2.23. The van der Waals surface area contributed by atoms with E-state index < -0.39 is 41.1 Å². The highest BCUT2D eigenvalue weighted by molar-refractivity contribution is 5.94. The molecule has 0 fully saturated rings. The molecule has 0 aliphatic heterocycles. The van der Waals surface area contributed by atoms with Crippen molar-refractivity contribution in [3.63, 3.8) is 0 Å². The molecule has 0 bridgehead atoms. The molecule has 2 atom stereocenters. The van der Waals surface area contributed by atoms with E-state index in [0.717, 1.165) is 0 Å². The van der Waals surface area contributed by atoms with Crippen LogP contribution in [0.2, 0.25) is 0 Å². The van der Waals surface area contributed by atoms with E-state index in [4.69, 9.17) is 30.1 Å². The third-order valence-electron chi connectivity index (χ3n) is 4.34. The minimum Gasteiger partial charge on any atom is -0.460 e. The summed E-state index contributed by atoms with van der Waals surface area (Å²) >= 11 is 0. The van der Waals surface area contributed by atoms with Crippen molar-refractivity contribution >= 4 is 23.6 Å². The van der Waals surface area contributed by atoms with Gasteiger partial charge in [0, 0.05) is 13.0 Å². The number of hydrogen-bond donors (Lipinski definition) is 2. The average Bonchev–Trinajstić information content (AvgIpc) is 2.74. The largest absolute Gasteiger partial charge is 0.460 e. The second-order valence-electron chi connectivity index (χ2n) is 10.4. The molecule has 11 nitrogen and oxygen atoms in total. The van der Waals surface area contributed by atoms with Crippen LogP contribution in [0, 0.1) is 12.3 Å². The molecule has 212 valence electrons. The van der Waals surface area contributed by atoms with Gasteiger partial charge in [-0.15, -0.1) is 6.42 Å². The predicted octanol–water partition coefficient (Wildman–Crippen LogP) is 0.578. The van der Waals surface area contributed by atoms with E-state index in [-0.39, 0.29) is 31.7 Å². The highest BCUT2D eigenvalue weighted by Gasteiger charge is 2.31. The molecule has 1 amide bonds. The molecule has 37 heavy (non-hydrogen) atoms. The molecule has 0 radical (unpaired) electrons. The van der Waals surface area contributed by atoms with Gasteiger partial charge in [-0.1, -0.05) is 5.92 Å². The summed E-state index contributed by atoms with van der Waals surface area (Å²) in [6.07, 6.45) is 4.93. The van der Waals surface area contributed by atoms with Crippen LogP contribution in [0.1, 0.15) is 67.2 Å². The first kappa shape index (κ1) is 34.5. The summed E-state index contributed by atoms with van der Waals surface area (Å²) in [6.45, 7) is 12.3. The summed E-state index contributed by atoms with van der Waals surface area (Å²) in [5.41, 5.74) is 2.25. The minimum atomic E-state index is -1.11. The second kappa shape index (κ2) is 17.9. The van der Waals surface area contributed by atoms with Gasteiger partial charge in [0.2, 0.25) is 0 Å². The van der Waals surface area contributed by atoms with Crippen molar-refractivity contribution in [2.75, 3.05) is 39.6 Å². The number of carbonyl (C=O) groups excluding carboxylic acids is 4. The molecule has 0 aliphatic rings. The number of ketones is 1. The van der Waals surface area contributed by atoms with Crippen LogP contribution in [0.25, 0.3) is 0 Å². The van der Waals surface area contributed by atoms with Crippen LogP contribution in [0.15, 0.2) is 0 Å². The zero-order chi connectivity index (χ0) is 28.5. The Morgan fingerprint density at radius 3 is 1.81 bits per heavy atom. The lowest BCUT2D eigenvalue weighted by molar-refractivity contribution is -0.403. The first-order valence-corrected chi connectivity index (χ1v) is 12.4. The highest BCUT2D eigenvalue weighted by Crippen LogP contribution is 2.12. The number of carbonyl (C=O) groups is 4. The van der Waals surface area contributed by atoms with Crippen LogP contribution < -0.4 is 11.1 Å². The van der Waals surface area contributed by atoms with Gasteiger partial charge in [-0.25, -0.2) is 0 Å². The number of rotatable bonds is 18. The van der Waals surface area contributed by atoms with E-state index in [9.17, 15) is 19.2 Å². The number of quaternary nitrogens is 1. The number of amides is 1. The van der Waals surface area contributed by atoms with Gasteiger partial charge in [0.25, 0.3) is 5.91 Å². The average molecular weight is 530 g/mol. The number of esters is 2. The second-order valence-corrected chi connectivity index (χ2v) is 10.4. The van der Waals surface area contributed by atoms with Crippen LogP contribution in [0.4, 0.5) is 0 Å². The zero-order valence-electron chi connectivity index (χ0n) is 23.2. The monoisotopic (exact) mass is 529 g/mol. The maximum atomic E-state index is 12.8. The first-order chi connectivity index (χ1) is 17.1. The Kier molecular flexibility index (Phi) is 16.6. The molecular formula is C26H45N2O9+. The van der Waals surface area contributed by atoms with E-state index in [2.05, 4.69) is 17.0 Å². The van der Waals surface area contributed by atoms with E-state index in [0.29, 0.717) is 39.5 Å². The van der Waals surface area contributed by atoms with Gasteiger partial charge in [-0.3, -0.25) is 19.2 Å². The number of hydrogen-bond acceptors (Lipinski definition) is 9. The number of terminal acetylenes is 1. The van der Waals surface area contributed by atoms with E-state index in [1.165, 1.54) is 0 Å². The van der Waals surface area contributed by atoms with Crippen LogP contribution >= 0.6 is 0 Å². The summed E-state index contributed by atoms with van der Waals surface area (Å²) in [4.78, 5) is 49.9. The zero-order valence-corrected chi connectivity index (χ0v) is 23.2. The van der Waals surface area contributed by atoms with Crippen molar-refractivity contribution in [1.82, 2.24) is 5.32 Å². The normalized spacial score (nSPS) is 13.2. The molecule has 0 saturated heterocycles. The molecule has 11 heteroatoms.